The number of ether oxygens (including phenoxy) is 2. The van der Waals surface area contributed by atoms with Crippen LogP contribution in [0, 0.1) is 6.92 Å². The van der Waals surface area contributed by atoms with Crippen LogP contribution in [0.5, 0.6) is 11.5 Å². The van der Waals surface area contributed by atoms with Crippen molar-refractivity contribution in [1.29, 1.82) is 0 Å². The van der Waals surface area contributed by atoms with Crippen molar-refractivity contribution in [3.63, 3.8) is 0 Å². The van der Waals surface area contributed by atoms with Crippen molar-refractivity contribution < 1.29 is 9.47 Å². The fraction of sp³-hybridized carbons (Fsp3) is 0.400. The highest BCUT2D eigenvalue weighted by atomic mass is 16.5. The molecule has 0 bridgehead atoms. The first-order chi connectivity index (χ1) is 9.63. The molecule has 0 amide bonds. The highest BCUT2D eigenvalue weighted by Gasteiger charge is 2.24. The molecule has 0 aliphatic rings. The van der Waals surface area contributed by atoms with Gasteiger partial charge in [-0.05, 0) is 26.1 Å². The monoisotopic (exact) mass is 275 g/mol. The molecule has 1 unspecified atom stereocenters. The molecule has 2 rings (SSSR count). The van der Waals surface area contributed by atoms with Crippen LogP contribution in [0.1, 0.15) is 22.9 Å². The molecule has 20 heavy (non-hydrogen) atoms. The lowest BCUT2D eigenvalue weighted by atomic mass is 9.97. The number of nitrogens with one attached hydrogen (secondary N) is 1. The number of methoxy groups -OCH3 is 2. The second kappa shape index (κ2) is 5.96. The second-order valence-corrected chi connectivity index (χ2v) is 4.61. The number of nitrogens with zero attached hydrogens (tertiary/aromatic N) is 2. The summed E-state index contributed by atoms with van der Waals surface area (Å²) in [5.41, 5.74) is 3.20. The standard InChI is InChI=1S/C15H21N3O2/c1-10-11(9-17-18(10)3)15(16-2)14-12(19-4)7-6-8-13(14)20-5/h6-9,15-16H,1-5H3. The van der Waals surface area contributed by atoms with Gasteiger partial charge in [-0.15, -0.1) is 0 Å². The Morgan fingerprint density at radius 1 is 1.20 bits per heavy atom. The summed E-state index contributed by atoms with van der Waals surface area (Å²) in [5.74, 6) is 1.60. The molecule has 0 aliphatic carbocycles. The Morgan fingerprint density at radius 2 is 1.80 bits per heavy atom. The highest BCUT2D eigenvalue weighted by Crippen LogP contribution is 2.37. The third kappa shape index (κ3) is 2.36. The van der Waals surface area contributed by atoms with Gasteiger partial charge in [-0.2, -0.15) is 5.10 Å². The Kier molecular flexibility index (Phi) is 4.29. The average molecular weight is 275 g/mol. The molecule has 0 fully saturated rings. The highest BCUT2D eigenvalue weighted by molar-refractivity contribution is 5.50. The van der Waals surface area contributed by atoms with Crippen molar-refractivity contribution in [2.24, 2.45) is 7.05 Å². The summed E-state index contributed by atoms with van der Waals surface area (Å²) in [5, 5.41) is 7.64. The van der Waals surface area contributed by atoms with Crippen LogP contribution >= 0.6 is 0 Å². The van der Waals surface area contributed by atoms with Gasteiger partial charge in [0.15, 0.2) is 0 Å². The van der Waals surface area contributed by atoms with E-state index in [4.69, 9.17) is 9.47 Å². The van der Waals surface area contributed by atoms with Gasteiger partial charge in [-0.1, -0.05) is 6.07 Å². The van der Waals surface area contributed by atoms with Crippen LogP contribution in [0.25, 0.3) is 0 Å². The van der Waals surface area contributed by atoms with Gasteiger partial charge in [0.1, 0.15) is 11.5 Å². The molecule has 0 saturated heterocycles. The Morgan fingerprint density at radius 3 is 2.20 bits per heavy atom. The molecule has 1 N–H and O–H groups in total. The van der Waals surface area contributed by atoms with E-state index >= 15 is 0 Å². The van der Waals surface area contributed by atoms with Crippen molar-refractivity contribution >= 4 is 0 Å². The Hall–Kier alpha value is -2.01. The normalized spacial score (nSPS) is 12.2. The maximum absolute atomic E-state index is 5.49. The lowest BCUT2D eigenvalue weighted by Gasteiger charge is -2.21. The van der Waals surface area contributed by atoms with Gasteiger partial charge < -0.3 is 14.8 Å². The summed E-state index contributed by atoms with van der Waals surface area (Å²) in [4.78, 5) is 0. The molecule has 1 atom stereocenters. The Balaban J connectivity index is 2.60. The van der Waals surface area contributed by atoms with E-state index in [1.54, 1.807) is 14.2 Å². The van der Waals surface area contributed by atoms with Gasteiger partial charge in [-0.25, -0.2) is 0 Å². The van der Waals surface area contributed by atoms with Crippen LogP contribution in [0.4, 0.5) is 0 Å². The zero-order chi connectivity index (χ0) is 14.7. The van der Waals surface area contributed by atoms with Crippen LogP contribution in [-0.4, -0.2) is 31.0 Å². The molecule has 1 aromatic carbocycles. The first kappa shape index (κ1) is 14.4. The van der Waals surface area contributed by atoms with Crippen LogP contribution in [0.15, 0.2) is 24.4 Å². The van der Waals surface area contributed by atoms with E-state index in [-0.39, 0.29) is 6.04 Å². The topological polar surface area (TPSA) is 48.3 Å². The summed E-state index contributed by atoms with van der Waals surface area (Å²) in [7, 11) is 7.19. The molecular formula is C15H21N3O2. The van der Waals surface area contributed by atoms with Crippen molar-refractivity contribution in [2.45, 2.75) is 13.0 Å². The third-order valence-electron chi connectivity index (χ3n) is 3.63. The zero-order valence-corrected chi connectivity index (χ0v) is 12.6. The smallest absolute Gasteiger partial charge is 0.127 e. The summed E-state index contributed by atoms with van der Waals surface area (Å²) in [6.45, 7) is 2.05. The van der Waals surface area contributed by atoms with Crippen molar-refractivity contribution in [1.82, 2.24) is 15.1 Å². The van der Waals surface area contributed by atoms with Crippen LogP contribution in [0.3, 0.4) is 0 Å². The number of hydrogen-bond acceptors (Lipinski definition) is 4. The molecular weight excluding hydrogens is 254 g/mol. The summed E-state index contributed by atoms with van der Waals surface area (Å²) >= 11 is 0. The third-order valence-corrected chi connectivity index (χ3v) is 3.63. The minimum Gasteiger partial charge on any atom is -0.496 e. The van der Waals surface area contributed by atoms with Gasteiger partial charge in [0.25, 0.3) is 0 Å². The van der Waals surface area contributed by atoms with E-state index in [1.165, 1.54) is 0 Å². The van der Waals surface area contributed by atoms with Crippen molar-refractivity contribution in [2.75, 3.05) is 21.3 Å². The largest absolute Gasteiger partial charge is 0.496 e. The fourth-order valence-corrected chi connectivity index (χ4v) is 2.42. The molecule has 0 radical (unpaired) electrons. The van der Waals surface area contributed by atoms with Crippen LogP contribution in [-0.2, 0) is 7.05 Å². The van der Waals surface area contributed by atoms with Crippen LogP contribution < -0.4 is 14.8 Å². The molecule has 1 heterocycles. The first-order valence-corrected chi connectivity index (χ1v) is 6.50. The van der Waals surface area contributed by atoms with Gasteiger partial charge in [0.2, 0.25) is 0 Å². The lowest BCUT2D eigenvalue weighted by Crippen LogP contribution is -2.20. The molecule has 5 nitrogen and oxygen atoms in total. The average Bonchev–Trinajstić information content (AvgIpc) is 2.80. The molecule has 0 aliphatic heterocycles. The zero-order valence-electron chi connectivity index (χ0n) is 12.6. The van der Waals surface area contributed by atoms with E-state index in [0.717, 1.165) is 28.3 Å². The number of benzene rings is 1. The number of aromatic nitrogens is 2. The number of aryl methyl sites for hydroxylation is 1. The Bertz CT molecular complexity index is 571. The lowest BCUT2D eigenvalue weighted by molar-refractivity contribution is 0.378. The predicted octanol–water partition coefficient (Wildman–Crippen LogP) is 2.05. The summed E-state index contributed by atoms with van der Waals surface area (Å²) in [6, 6.07) is 5.76. The maximum atomic E-state index is 5.49. The minimum absolute atomic E-state index is 0.0326. The van der Waals surface area contributed by atoms with Crippen molar-refractivity contribution in [3.8, 4) is 11.5 Å². The second-order valence-electron chi connectivity index (χ2n) is 4.61. The molecule has 1 aromatic heterocycles. The molecule has 0 spiro atoms. The van der Waals surface area contributed by atoms with E-state index in [9.17, 15) is 0 Å². The number of rotatable bonds is 5. The van der Waals surface area contributed by atoms with E-state index in [1.807, 2.05) is 43.2 Å². The Labute approximate surface area is 119 Å². The number of hydrogen-bond donors (Lipinski definition) is 1. The van der Waals surface area contributed by atoms with Crippen molar-refractivity contribution in [3.05, 3.63) is 41.2 Å². The SMILES string of the molecule is CNC(c1cnn(C)c1C)c1c(OC)cccc1OC. The molecule has 5 heteroatoms. The van der Waals surface area contributed by atoms with Crippen LogP contribution in [0.2, 0.25) is 0 Å². The predicted molar refractivity (Wildman–Crippen MR) is 78.4 cm³/mol. The van der Waals surface area contributed by atoms with Gasteiger partial charge in [0, 0.05) is 18.3 Å². The molecule has 2 aromatic rings. The van der Waals surface area contributed by atoms with Gasteiger partial charge >= 0.3 is 0 Å². The van der Waals surface area contributed by atoms with Gasteiger partial charge in [0.05, 0.1) is 32.0 Å². The fourth-order valence-electron chi connectivity index (χ4n) is 2.42. The quantitative estimate of drug-likeness (QED) is 0.907. The maximum Gasteiger partial charge on any atom is 0.127 e. The van der Waals surface area contributed by atoms with E-state index in [2.05, 4.69) is 17.3 Å². The first-order valence-electron chi connectivity index (χ1n) is 6.50. The molecule has 108 valence electrons. The summed E-state index contributed by atoms with van der Waals surface area (Å²) < 4.78 is 12.8. The minimum atomic E-state index is -0.0326. The summed E-state index contributed by atoms with van der Waals surface area (Å²) in [6.07, 6.45) is 1.88. The van der Waals surface area contributed by atoms with E-state index in [0.29, 0.717) is 0 Å². The van der Waals surface area contributed by atoms with E-state index < -0.39 is 0 Å². The molecule has 0 saturated carbocycles. The van der Waals surface area contributed by atoms with Gasteiger partial charge in [-0.3, -0.25) is 4.68 Å².